The highest BCUT2D eigenvalue weighted by atomic mass is 35.5. The van der Waals surface area contributed by atoms with Gasteiger partial charge in [0.1, 0.15) is 35.3 Å². The second-order valence-corrected chi connectivity index (χ2v) is 7.25. The molecule has 32 heavy (non-hydrogen) atoms. The van der Waals surface area contributed by atoms with Gasteiger partial charge in [0.05, 0.1) is 13.3 Å². The molecule has 0 bridgehead atoms. The molecule has 0 fully saturated rings. The fraction of sp³-hybridized carbons (Fsp3) is 0.0833. The van der Waals surface area contributed by atoms with Gasteiger partial charge in [0.15, 0.2) is 5.75 Å². The summed E-state index contributed by atoms with van der Waals surface area (Å²) in [4.78, 5) is 8.28. The van der Waals surface area contributed by atoms with Crippen molar-refractivity contribution < 1.29 is 19.3 Å². The molecular weight excluding hydrogens is 430 g/mol. The number of nitrogen functional groups attached to an aromatic ring is 1. The third-order valence-corrected chi connectivity index (χ3v) is 4.86. The minimum atomic E-state index is -0.0312. The lowest BCUT2D eigenvalue weighted by molar-refractivity contribution is 0.304. The van der Waals surface area contributed by atoms with Gasteiger partial charge < -0.3 is 25.1 Å². The SMILES string of the molecule is COc1ccc(Oc2cnc(N)nc2-c2ccc(OCc3ccc(Cl)cc3)cc2O)cc1. The predicted molar refractivity (Wildman–Crippen MR) is 122 cm³/mol. The van der Waals surface area contributed by atoms with Crippen LogP contribution >= 0.6 is 11.6 Å². The Morgan fingerprint density at radius 1 is 0.938 bits per heavy atom. The Labute approximate surface area is 190 Å². The van der Waals surface area contributed by atoms with Crippen molar-refractivity contribution in [1.82, 2.24) is 9.97 Å². The first kappa shape index (κ1) is 21.3. The molecule has 4 aromatic rings. The summed E-state index contributed by atoms with van der Waals surface area (Å²) in [5, 5.41) is 11.3. The molecule has 3 N–H and O–H groups in total. The number of methoxy groups -OCH3 is 1. The van der Waals surface area contributed by atoms with Crippen LogP contribution in [0.3, 0.4) is 0 Å². The van der Waals surface area contributed by atoms with E-state index in [2.05, 4.69) is 9.97 Å². The van der Waals surface area contributed by atoms with Crippen LogP contribution in [0.25, 0.3) is 11.3 Å². The zero-order valence-electron chi connectivity index (χ0n) is 17.2. The highest BCUT2D eigenvalue weighted by Crippen LogP contribution is 2.38. The van der Waals surface area contributed by atoms with Gasteiger partial charge >= 0.3 is 0 Å². The Bertz CT molecular complexity index is 1220. The van der Waals surface area contributed by atoms with Gasteiger partial charge in [0.25, 0.3) is 0 Å². The van der Waals surface area contributed by atoms with Crippen molar-refractivity contribution in [3.8, 4) is 40.0 Å². The van der Waals surface area contributed by atoms with Gasteiger partial charge in [-0.05, 0) is 54.1 Å². The smallest absolute Gasteiger partial charge is 0.220 e. The lowest BCUT2D eigenvalue weighted by atomic mass is 10.1. The number of nitrogens with zero attached hydrogens (tertiary/aromatic N) is 2. The molecule has 0 aliphatic carbocycles. The summed E-state index contributed by atoms with van der Waals surface area (Å²) in [6, 6.07) is 19.4. The number of halogens is 1. The minimum Gasteiger partial charge on any atom is -0.507 e. The van der Waals surface area contributed by atoms with Crippen LogP contribution in [0, 0.1) is 0 Å². The Morgan fingerprint density at radius 3 is 2.31 bits per heavy atom. The first-order valence-corrected chi connectivity index (χ1v) is 10.0. The Kier molecular flexibility index (Phi) is 6.28. The van der Waals surface area contributed by atoms with E-state index in [-0.39, 0.29) is 11.7 Å². The number of aromatic nitrogens is 2. The van der Waals surface area contributed by atoms with Crippen molar-refractivity contribution in [2.24, 2.45) is 0 Å². The third-order valence-electron chi connectivity index (χ3n) is 4.60. The first-order valence-electron chi connectivity index (χ1n) is 9.67. The van der Waals surface area contributed by atoms with E-state index in [1.165, 1.54) is 12.3 Å². The van der Waals surface area contributed by atoms with Crippen molar-refractivity contribution in [3.05, 3.63) is 83.5 Å². The predicted octanol–water partition coefficient (Wildman–Crippen LogP) is 5.46. The van der Waals surface area contributed by atoms with E-state index in [1.54, 1.807) is 55.6 Å². The summed E-state index contributed by atoms with van der Waals surface area (Å²) >= 11 is 5.90. The summed E-state index contributed by atoms with van der Waals surface area (Å²) in [6.07, 6.45) is 1.46. The van der Waals surface area contributed by atoms with Crippen molar-refractivity contribution in [2.45, 2.75) is 6.61 Å². The molecule has 4 rings (SSSR count). The van der Waals surface area contributed by atoms with Gasteiger partial charge in [-0.15, -0.1) is 0 Å². The molecule has 8 heteroatoms. The Hall–Kier alpha value is -3.97. The Balaban J connectivity index is 1.56. The van der Waals surface area contributed by atoms with E-state index < -0.39 is 0 Å². The lowest BCUT2D eigenvalue weighted by Crippen LogP contribution is -2.00. The molecule has 1 heterocycles. The van der Waals surface area contributed by atoms with Gasteiger partial charge in [0.2, 0.25) is 5.95 Å². The van der Waals surface area contributed by atoms with E-state index in [1.807, 2.05) is 12.1 Å². The van der Waals surface area contributed by atoms with Crippen LogP contribution in [0.1, 0.15) is 5.56 Å². The molecule has 162 valence electrons. The summed E-state index contributed by atoms with van der Waals surface area (Å²) < 4.78 is 16.9. The van der Waals surface area contributed by atoms with Crippen molar-refractivity contribution in [2.75, 3.05) is 12.8 Å². The molecule has 0 saturated carbocycles. The quantitative estimate of drug-likeness (QED) is 0.386. The van der Waals surface area contributed by atoms with Crippen molar-refractivity contribution >= 4 is 17.5 Å². The molecule has 0 radical (unpaired) electrons. The maximum atomic E-state index is 10.7. The fourth-order valence-corrected chi connectivity index (χ4v) is 3.10. The van der Waals surface area contributed by atoms with Gasteiger partial charge in [-0.1, -0.05) is 23.7 Å². The van der Waals surface area contributed by atoms with E-state index in [9.17, 15) is 5.11 Å². The van der Waals surface area contributed by atoms with E-state index >= 15 is 0 Å². The molecular formula is C24H20ClN3O4. The lowest BCUT2D eigenvalue weighted by Gasteiger charge is -2.13. The number of anilines is 1. The number of hydrogen-bond donors (Lipinski definition) is 2. The number of rotatable bonds is 7. The summed E-state index contributed by atoms with van der Waals surface area (Å²) in [7, 11) is 1.59. The molecule has 0 saturated heterocycles. The number of ether oxygens (including phenoxy) is 3. The molecule has 3 aromatic carbocycles. The number of nitrogens with two attached hydrogens (primary N) is 1. The number of hydrogen-bond acceptors (Lipinski definition) is 7. The largest absolute Gasteiger partial charge is 0.507 e. The number of aromatic hydroxyl groups is 1. The van der Waals surface area contributed by atoms with Crippen molar-refractivity contribution in [3.63, 3.8) is 0 Å². The summed E-state index contributed by atoms with van der Waals surface area (Å²) in [6.45, 7) is 0.336. The van der Waals surface area contributed by atoms with Crippen LogP contribution in [-0.2, 0) is 6.61 Å². The highest BCUT2D eigenvalue weighted by Gasteiger charge is 2.16. The van der Waals surface area contributed by atoms with Crippen LogP contribution in [-0.4, -0.2) is 22.2 Å². The molecule has 0 atom stereocenters. The maximum absolute atomic E-state index is 10.7. The molecule has 0 aliphatic rings. The van der Waals surface area contributed by atoms with Crippen LogP contribution < -0.4 is 19.9 Å². The van der Waals surface area contributed by atoms with Gasteiger partial charge in [-0.25, -0.2) is 9.97 Å². The second kappa shape index (κ2) is 9.45. The second-order valence-electron chi connectivity index (χ2n) is 6.81. The molecule has 0 amide bonds. The van der Waals surface area contributed by atoms with Gasteiger partial charge in [0, 0.05) is 16.7 Å². The first-order chi connectivity index (χ1) is 15.5. The molecule has 1 aromatic heterocycles. The zero-order valence-corrected chi connectivity index (χ0v) is 17.9. The van der Waals surface area contributed by atoms with Crippen LogP contribution in [0.15, 0.2) is 72.9 Å². The minimum absolute atomic E-state index is 0.0312. The van der Waals surface area contributed by atoms with Gasteiger partial charge in [-0.3, -0.25) is 0 Å². The van der Waals surface area contributed by atoms with Gasteiger partial charge in [-0.2, -0.15) is 0 Å². The van der Waals surface area contributed by atoms with Crippen LogP contribution in [0.4, 0.5) is 5.95 Å². The highest BCUT2D eigenvalue weighted by molar-refractivity contribution is 6.30. The van der Waals surface area contributed by atoms with E-state index in [0.717, 1.165) is 5.56 Å². The van der Waals surface area contributed by atoms with Crippen LogP contribution in [0.2, 0.25) is 5.02 Å². The monoisotopic (exact) mass is 449 g/mol. The van der Waals surface area contributed by atoms with Crippen LogP contribution in [0.5, 0.6) is 28.7 Å². The average Bonchev–Trinajstić information content (AvgIpc) is 2.80. The molecule has 7 nitrogen and oxygen atoms in total. The maximum Gasteiger partial charge on any atom is 0.220 e. The number of benzene rings is 3. The Morgan fingerprint density at radius 2 is 1.62 bits per heavy atom. The van der Waals surface area contributed by atoms with E-state index in [0.29, 0.717) is 45.9 Å². The average molecular weight is 450 g/mol. The zero-order chi connectivity index (χ0) is 22.5. The number of phenols is 1. The standard InChI is InChI=1S/C24H20ClN3O4/c1-30-17-6-8-18(9-7-17)32-22-13-27-24(26)28-23(22)20-11-10-19(12-21(20)29)31-14-15-2-4-16(25)5-3-15/h2-13,29H,14H2,1H3,(H2,26,27,28). The molecule has 0 unspecified atom stereocenters. The fourth-order valence-electron chi connectivity index (χ4n) is 2.97. The topological polar surface area (TPSA) is 99.7 Å². The number of phenolic OH excluding ortho intramolecular Hbond substituents is 1. The molecule has 0 aliphatic heterocycles. The third kappa shape index (κ3) is 5.01. The summed E-state index contributed by atoms with van der Waals surface area (Å²) in [5.74, 6) is 2.14. The molecule has 0 spiro atoms. The van der Waals surface area contributed by atoms with E-state index in [4.69, 9.17) is 31.5 Å². The van der Waals surface area contributed by atoms with Crippen molar-refractivity contribution in [1.29, 1.82) is 0 Å². The normalized spacial score (nSPS) is 10.6. The summed E-state index contributed by atoms with van der Waals surface area (Å²) in [5.41, 5.74) is 7.53.